The normalized spacial score (nSPS) is 17.0. The summed E-state index contributed by atoms with van der Waals surface area (Å²) in [6.45, 7) is 1.80. The van der Waals surface area contributed by atoms with Crippen molar-refractivity contribution >= 4 is 39.2 Å². The zero-order valence-electron chi connectivity index (χ0n) is 16.6. The van der Waals surface area contributed by atoms with Gasteiger partial charge in [-0.05, 0) is 63.1 Å². The Hall–Kier alpha value is -2.19. The maximum atomic E-state index is 14.7. The third-order valence-electron chi connectivity index (χ3n) is 5.63. The van der Waals surface area contributed by atoms with Crippen LogP contribution in [0.15, 0.2) is 34.2 Å². The first-order valence-electron chi connectivity index (χ1n) is 10.3. The van der Waals surface area contributed by atoms with Gasteiger partial charge in [0.05, 0.1) is 16.3 Å². The van der Waals surface area contributed by atoms with Crippen LogP contribution in [-0.4, -0.2) is 26.8 Å². The highest BCUT2D eigenvalue weighted by Gasteiger charge is 2.28. The number of nitrogens with one attached hydrogen (secondary N) is 1. The quantitative estimate of drug-likeness (QED) is 0.474. The Morgan fingerprint density at radius 3 is 2.83 bits per heavy atom. The standard InChI is InChI=1S/C22H22FN3O2S2/c1-12(19(27)24-13-10-11-13)29-22-25-20-18(14-6-2-5-9-17(14)30-20)21(28)26(22)16-8-4-3-7-15(16)23/h3-4,7-8,12-13H,2,5-6,9-11H2,1H3,(H,24,27). The number of thioether (sulfide) groups is 1. The highest BCUT2D eigenvalue weighted by Crippen LogP contribution is 2.36. The number of rotatable bonds is 5. The second kappa shape index (κ2) is 7.81. The van der Waals surface area contributed by atoms with Crippen molar-refractivity contribution in [3.8, 4) is 5.69 Å². The Kier molecular flexibility index (Phi) is 5.14. The van der Waals surface area contributed by atoms with E-state index in [0.717, 1.165) is 44.1 Å². The lowest BCUT2D eigenvalue weighted by molar-refractivity contribution is -0.120. The first kappa shape index (κ1) is 19.8. The lowest BCUT2D eigenvalue weighted by atomic mass is 9.97. The number of benzene rings is 1. The van der Waals surface area contributed by atoms with Crippen LogP contribution in [-0.2, 0) is 17.6 Å². The number of nitrogens with zero attached hydrogens (tertiary/aromatic N) is 2. The molecule has 0 aliphatic heterocycles. The maximum Gasteiger partial charge on any atom is 0.267 e. The summed E-state index contributed by atoms with van der Waals surface area (Å²) in [5.74, 6) is -0.566. The number of para-hydroxylation sites is 1. The average Bonchev–Trinajstić information content (AvgIpc) is 3.46. The number of fused-ring (bicyclic) bond motifs is 3. The van der Waals surface area contributed by atoms with Crippen molar-refractivity contribution < 1.29 is 9.18 Å². The van der Waals surface area contributed by atoms with Crippen molar-refractivity contribution in [3.63, 3.8) is 0 Å². The first-order valence-corrected chi connectivity index (χ1v) is 12.0. The van der Waals surface area contributed by atoms with Crippen LogP contribution < -0.4 is 10.9 Å². The van der Waals surface area contributed by atoms with Crippen LogP contribution in [0.5, 0.6) is 0 Å². The second-order valence-corrected chi connectivity index (χ2v) is 10.3. The van der Waals surface area contributed by atoms with Crippen LogP contribution in [0.1, 0.15) is 43.0 Å². The number of thiophene rings is 1. The average molecular weight is 444 g/mol. The van der Waals surface area contributed by atoms with Crippen LogP contribution in [0.4, 0.5) is 4.39 Å². The largest absolute Gasteiger partial charge is 0.352 e. The molecular formula is C22H22FN3O2S2. The molecule has 2 aromatic heterocycles. The number of hydrogen-bond donors (Lipinski definition) is 1. The summed E-state index contributed by atoms with van der Waals surface area (Å²) in [6.07, 6.45) is 5.99. The van der Waals surface area contributed by atoms with Gasteiger partial charge in [0.15, 0.2) is 5.16 Å². The van der Waals surface area contributed by atoms with Crippen molar-refractivity contribution in [2.75, 3.05) is 0 Å². The van der Waals surface area contributed by atoms with Crippen molar-refractivity contribution in [2.45, 2.75) is 61.9 Å². The lowest BCUT2D eigenvalue weighted by Gasteiger charge is -2.16. The molecule has 0 bridgehead atoms. The van der Waals surface area contributed by atoms with E-state index in [1.807, 2.05) is 0 Å². The Bertz CT molecular complexity index is 1200. The van der Waals surface area contributed by atoms with E-state index in [2.05, 4.69) is 5.32 Å². The van der Waals surface area contributed by atoms with E-state index >= 15 is 0 Å². The monoisotopic (exact) mass is 443 g/mol. The minimum Gasteiger partial charge on any atom is -0.352 e. The van der Waals surface area contributed by atoms with Crippen LogP contribution in [0, 0.1) is 5.82 Å². The minimum absolute atomic E-state index is 0.0811. The zero-order chi connectivity index (χ0) is 20.8. The number of carbonyl (C=O) groups excluding carboxylic acids is 1. The fraction of sp³-hybridized carbons (Fsp3) is 0.409. The fourth-order valence-electron chi connectivity index (χ4n) is 3.87. The molecule has 2 aliphatic rings. The van der Waals surface area contributed by atoms with Crippen LogP contribution in [0.3, 0.4) is 0 Å². The van der Waals surface area contributed by atoms with Crippen molar-refractivity contribution in [1.82, 2.24) is 14.9 Å². The molecule has 8 heteroatoms. The second-order valence-electron chi connectivity index (χ2n) is 7.92. The van der Waals surface area contributed by atoms with Gasteiger partial charge in [0, 0.05) is 10.9 Å². The molecule has 0 radical (unpaired) electrons. The van der Waals surface area contributed by atoms with E-state index < -0.39 is 11.1 Å². The summed E-state index contributed by atoms with van der Waals surface area (Å²) in [4.78, 5) is 32.8. The molecule has 1 N–H and O–H groups in total. The molecule has 0 spiro atoms. The van der Waals surface area contributed by atoms with Crippen LogP contribution in [0.2, 0.25) is 0 Å². The fourth-order valence-corrected chi connectivity index (χ4v) is 6.10. The molecule has 0 saturated heterocycles. The topological polar surface area (TPSA) is 64.0 Å². The van der Waals surface area contributed by atoms with Crippen molar-refractivity contribution in [3.05, 3.63) is 50.9 Å². The number of halogens is 1. The smallest absolute Gasteiger partial charge is 0.267 e. The van der Waals surface area contributed by atoms with Gasteiger partial charge in [-0.1, -0.05) is 23.9 Å². The van der Waals surface area contributed by atoms with Gasteiger partial charge in [-0.2, -0.15) is 0 Å². The highest BCUT2D eigenvalue weighted by molar-refractivity contribution is 8.00. The molecule has 156 valence electrons. The van der Waals surface area contributed by atoms with E-state index in [9.17, 15) is 14.0 Å². The molecule has 1 amide bonds. The van der Waals surface area contributed by atoms with Gasteiger partial charge < -0.3 is 5.32 Å². The van der Waals surface area contributed by atoms with E-state index in [1.54, 1.807) is 36.5 Å². The van der Waals surface area contributed by atoms with E-state index in [-0.39, 0.29) is 23.2 Å². The Balaban J connectivity index is 1.66. The SMILES string of the molecule is CC(Sc1nc2sc3c(c2c(=O)n1-c1ccccc1F)CCCC3)C(=O)NC1CC1. The Labute approximate surface area is 181 Å². The number of amides is 1. The van der Waals surface area contributed by atoms with Gasteiger partial charge in [-0.3, -0.25) is 14.2 Å². The molecule has 1 aromatic carbocycles. The summed E-state index contributed by atoms with van der Waals surface area (Å²) in [7, 11) is 0. The van der Waals surface area contributed by atoms with Crippen LogP contribution in [0.25, 0.3) is 15.9 Å². The number of hydrogen-bond acceptors (Lipinski definition) is 5. The Morgan fingerprint density at radius 1 is 1.30 bits per heavy atom. The number of aromatic nitrogens is 2. The van der Waals surface area contributed by atoms with Gasteiger partial charge >= 0.3 is 0 Å². The molecule has 1 atom stereocenters. The van der Waals surface area contributed by atoms with Gasteiger partial charge in [-0.25, -0.2) is 9.37 Å². The third-order valence-corrected chi connectivity index (χ3v) is 7.86. The molecule has 3 aromatic rings. The van der Waals surface area contributed by atoms with Gasteiger partial charge in [0.25, 0.3) is 5.56 Å². The summed E-state index contributed by atoms with van der Waals surface area (Å²) in [6, 6.07) is 6.49. The number of carbonyl (C=O) groups is 1. The third kappa shape index (κ3) is 3.56. The van der Waals surface area contributed by atoms with E-state index in [0.29, 0.717) is 15.4 Å². The van der Waals surface area contributed by atoms with Gasteiger partial charge in [0.1, 0.15) is 10.6 Å². The summed E-state index contributed by atoms with van der Waals surface area (Å²) >= 11 is 2.77. The predicted molar refractivity (Wildman–Crippen MR) is 118 cm³/mol. The molecule has 1 saturated carbocycles. The molecule has 5 rings (SSSR count). The highest BCUT2D eigenvalue weighted by atomic mass is 32.2. The first-order chi connectivity index (χ1) is 14.5. The number of aryl methyl sites for hydroxylation is 2. The van der Waals surface area contributed by atoms with Crippen LogP contribution >= 0.6 is 23.1 Å². The summed E-state index contributed by atoms with van der Waals surface area (Å²) in [5, 5.41) is 3.51. The maximum absolute atomic E-state index is 14.7. The predicted octanol–water partition coefficient (Wildman–Crippen LogP) is 4.22. The van der Waals surface area contributed by atoms with Gasteiger partial charge in [-0.15, -0.1) is 11.3 Å². The van der Waals surface area contributed by atoms with Crippen molar-refractivity contribution in [2.24, 2.45) is 0 Å². The molecule has 5 nitrogen and oxygen atoms in total. The molecule has 2 aliphatic carbocycles. The van der Waals surface area contributed by atoms with Crippen molar-refractivity contribution in [1.29, 1.82) is 0 Å². The Morgan fingerprint density at radius 2 is 2.07 bits per heavy atom. The van der Waals surface area contributed by atoms with E-state index in [4.69, 9.17) is 4.98 Å². The zero-order valence-corrected chi connectivity index (χ0v) is 18.2. The molecule has 2 heterocycles. The van der Waals surface area contributed by atoms with Gasteiger partial charge in [0.2, 0.25) is 5.91 Å². The molecular weight excluding hydrogens is 421 g/mol. The molecule has 30 heavy (non-hydrogen) atoms. The van der Waals surface area contributed by atoms with E-state index in [1.165, 1.54) is 27.3 Å². The summed E-state index contributed by atoms with van der Waals surface area (Å²) in [5.41, 5.74) is 0.992. The molecule has 1 fully saturated rings. The molecule has 1 unspecified atom stereocenters. The summed E-state index contributed by atoms with van der Waals surface area (Å²) < 4.78 is 16.1. The lowest BCUT2D eigenvalue weighted by Crippen LogP contribution is -2.33. The minimum atomic E-state index is -0.484.